The number of nitrogens with one attached hydrogen (secondary N) is 1. The van der Waals surface area contributed by atoms with Crippen LogP contribution in [0.3, 0.4) is 0 Å². The van der Waals surface area contributed by atoms with Gasteiger partial charge in [0.1, 0.15) is 11.8 Å². The minimum atomic E-state index is -0.879. The lowest BCUT2D eigenvalue weighted by molar-refractivity contribution is -0.134. The van der Waals surface area contributed by atoms with Gasteiger partial charge in [0.05, 0.1) is 0 Å². The third-order valence-corrected chi connectivity index (χ3v) is 2.92. The number of ketones is 1. The van der Waals surface area contributed by atoms with Gasteiger partial charge >= 0.3 is 0 Å². The highest BCUT2D eigenvalue weighted by molar-refractivity contribution is 5.91. The number of amides is 2. The molecule has 0 saturated carbocycles. The normalized spacial score (nSPS) is 15.8. The van der Waals surface area contributed by atoms with Crippen molar-refractivity contribution < 1.29 is 14.4 Å². The molecule has 0 aromatic heterocycles. The zero-order chi connectivity index (χ0) is 13.6. The lowest BCUT2D eigenvalue weighted by Gasteiger charge is -2.22. The van der Waals surface area contributed by atoms with Crippen LogP contribution in [0.4, 0.5) is 0 Å². The lowest BCUT2D eigenvalue weighted by atomic mass is 9.88. The van der Waals surface area contributed by atoms with E-state index in [1.54, 1.807) is 6.92 Å². The smallest absolute Gasteiger partial charge is 0.241 e. The third kappa shape index (κ3) is 4.52. The predicted molar refractivity (Wildman–Crippen MR) is 63.8 cm³/mol. The minimum absolute atomic E-state index is 0.0496. The molecule has 0 radical (unpaired) electrons. The summed E-state index contributed by atoms with van der Waals surface area (Å²) in [6.45, 7) is 4.89. The van der Waals surface area contributed by atoms with Gasteiger partial charge in [0.2, 0.25) is 11.8 Å². The number of hydrogen-bond donors (Lipinski definition) is 3. The second-order valence-electron chi connectivity index (χ2n) is 4.11. The topological polar surface area (TPSA) is 115 Å². The van der Waals surface area contributed by atoms with Crippen molar-refractivity contribution in [1.82, 2.24) is 5.32 Å². The largest absolute Gasteiger partial charge is 0.368 e. The first-order valence-corrected chi connectivity index (χ1v) is 5.65. The fourth-order valence-electron chi connectivity index (χ4n) is 1.57. The number of primary amides is 1. The van der Waals surface area contributed by atoms with Crippen LogP contribution >= 0.6 is 0 Å². The fraction of sp³-hybridized carbons (Fsp3) is 0.727. The van der Waals surface area contributed by atoms with E-state index >= 15 is 0 Å². The Morgan fingerprint density at radius 1 is 1.29 bits per heavy atom. The van der Waals surface area contributed by atoms with Crippen molar-refractivity contribution in [3.63, 3.8) is 0 Å². The van der Waals surface area contributed by atoms with Crippen molar-refractivity contribution in [2.45, 2.75) is 33.2 Å². The van der Waals surface area contributed by atoms with Crippen molar-refractivity contribution in [1.29, 1.82) is 0 Å². The Morgan fingerprint density at radius 3 is 2.12 bits per heavy atom. The minimum Gasteiger partial charge on any atom is -0.368 e. The SMILES string of the molecule is CCC(C(=O)NC(CN)C(N)=O)C(C)C(C)=O. The second kappa shape index (κ2) is 7.01. The molecule has 0 heterocycles. The summed E-state index contributed by atoms with van der Waals surface area (Å²) in [4.78, 5) is 34.0. The van der Waals surface area contributed by atoms with Gasteiger partial charge in [-0.25, -0.2) is 0 Å². The van der Waals surface area contributed by atoms with Gasteiger partial charge in [0.25, 0.3) is 0 Å². The Morgan fingerprint density at radius 2 is 1.82 bits per heavy atom. The molecule has 98 valence electrons. The average molecular weight is 243 g/mol. The van der Waals surface area contributed by atoms with Crippen molar-refractivity contribution in [2.24, 2.45) is 23.3 Å². The van der Waals surface area contributed by atoms with Crippen LogP contribution < -0.4 is 16.8 Å². The molecule has 0 aliphatic heterocycles. The Hall–Kier alpha value is -1.43. The monoisotopic (exact) mass is 243 g/mol. The standard InChI is InChI=1S/C11H21N3O3/c1-4-8(6(2)7(3)15)11(17)14-9(5-12)10(13)16/h6,8-9H,4-5,12H2,1-3H3,(H2,13,16)(H,14,17). The highest BCUT2D eigenvalue weighted by atomic mass is 16.2. The lowest BCUT2D eigenvalue weighted by Crippen LogP contribution is -2.51. The summed E-state index contributed by atoms with van der Waals surface area (Å²) < 4.78 is 0. The Balaban J connectivity index is 4.65. The van der Waals surface area contributed by atoms with E-state index in [0.717, 1.165) is 0 Å². The van der Waals surface area contributed by atoms with E-state index in [1.165, 1.54) is 6.92 Å². The number of hydrogen-bond acceptors (Lipinski definition) is 4. The molecule has 3 atom stereocenters. The van der Waals surface area contributed by atoms with Crippen molar-refractivity contribution in [3.05, 3.63) is 0 Å². The number of nitrogens with two attached hydrogens (primary N) is 2. The number of carbonyl (C=O) groups excluding carboxylic acids is 3. The maximum atomic E-state index is 11.9. The molecule has 3 unspecified atom stereocenters. The van der Waals surface area contributed by atoms with Crippen molar-refractivity contribution >= 4 is 17.6 Å². The maximum Gasteiger partial charge on any atom is 0.241 e. The van der Waals surface area contributed by atoms with E-state index in [1.807, 2.05) is 6.92 Å². The van der Waals surface area contributed by atoms with Gasteiger partial charge in [-0.15, -0.1) is 0 Å². The highest BCUT2D eigenvalue weighted by Crippen LogP contribution is 2.16. The molecule has 0 spiro atoms. The first-order chi connectivity index (χ1) is 7.84. The van der Waals surface area contributed by atoms with Gasteiger partial charge in [0, 0.05) is 18.4 Å². The molecular weight excluding hydrogens is 222 g/mol. The molecule has 0 aromatic carbocycles. The summed E-state index contributed by atoms with van der Waals surface area (Å²) >= 11 is 0. The van der Waals surface area contributed by atoms with Crippen LogP contribution in [0.1, 0.15) is 27.2 Å². The van der Waals surface area contributed by atoms with E-state index in [2.05, 4.69) is 5.32 Å². The van der Waals surface area contributed by atoms with Crippen LogP contribution in [0.5, 0.6) is 0 Å². The zero-order valence-electron chi connectivity index (χ0n) is 10.5. The van der Waals surface area contributed by atoms with Gasteiger partial charge in [-0.2, -0.15) is 0 Å². The van der Waals surface area contributed by atoms with Crippen molar-refractivity contribution in [3.8, 4) is 0 Å². The van der Waals surface area contributed by atoms with Crippen molar-refractivity contribution in [2.75, 3.05) is 6.54 Å². The Labute approximate surface area is 101 Å². The Bertz CT molecular complexity index is 304. The summed E-state index contributed by atoms with van der Waals surface area (Å²) in [5.41, 5.74) is 10.4. The average Bonchev–Trinajstić information content (AvgIpc) is 2.25. The summed E-state index contributed by atoms with van der Waals surface area (Å²) in [5.74, 6) is -1.93. The van der Waals surface area contributed by atoms with Gasteiger partial charge in [-0.1, -0.05) is 13.8 Å². The Kier molecular flexibility index (Phi) is 6.42. The highest BCUT2D eigenvalue weighted by Gasteiger charge is 2.28. The van der Waals surface area contributed by atoms with Crippen LogP contribution in [0, 0.1) is 11.8 Å². The van der Waals surface area contributed by atoms with E-state index in [9.17, 15) is 14.4 Å². The zero-order valence-corrected chi connectivity index (χ0v) is 10.5. The first kappa shape index (κ1) is 15.6. The fourth-order valence-corrected chi connectivity index (χ4v) is 1.57. The third-order valence-electron chi connectivity index (χ3n) is 2.92. The first-order valence-electron chi connectivity index (χ1n) is 5.65. The van der Waals surface area contributed by atoms with Crippen LogP contribution in [-0.4, -0.2) is 30.2 Å². The number of rotatable bonds is 7. The van der Waals surface area contributed by atoms with E-state index in [4.69, 9.17) is 11.5 Å². The maximum absolute atomic E-state index is 11.9. The van der Waals surface area contributed by atoms with Crippen LogP contribution in [-0.2, 0) is 14.4 Å². The summed E-state index contributed by atoms with van der Waals surface area (Å²) in [6, 6.07) is -0.879. The van der Waals surface area contributed by atoms with E-state index in [-0.39, 0.29) is 24.2 Å². The van der Waals surface area contributed by atoms with E-state index in [0.29, 0.717) is 6.42 Å². The number of carbonyl (C=O) groups is 3. The summed E-state index contributed by atoms with van der Waals surface area (Å²) in [6.07, 6.45) is 0.517. The van der Waals surface area contributed by atoms with Gasteiger partial charge < -0.3 is 16.8 Å². The molecule has 17 heavy (non-hydrogen) atoms. The number of Topliss-reactive ketones (excluding diaryl/α,β-unsaturated/α-hetero) is 1. The molecular formula is C11H21N3O3. The summed E-state index contributed by atoms with van der Waals surface area (Å²) in [7, 11) is 0. The quantitative estimate of drug-likeness (QED) is 0.541. The second-order valence-corrected chi connectivity index (χ2v) is 4.11. The molecule has 0 aliphatic carbocycles. The summed E-state index contributed by atoms with van der Waals surface area (Å²) in [5, 5.41) is 2.46. The molecule has 0 bridgehead atoms. The molecule has 0 saturated heterocycles. The molecule has 0 aromatic rings. The molecule has 2 amide bonds. The molecule has 6 nitrogen and oxygen atoms in total. The molecule has 0 aliphatic rings. The van der Waals surface area contributed by atoms with E-state index < -0.39 is 17.9 Å². The van der Waals surface area contributed by atoms with Crippen LogP contribution in [0.25, 0.3) is 0 Å². The molecule has 0 rings (SSSR count). The van der Waals surface area contributed by atoms with Gasteiger partial charge in [-0.05, 0) is 13.3 Å². The molecule has 5 N–H and O–H groups in total. The predicted octanol–water partition coefficient (Wildman–Crippen LogP) is -0.833. The van der Waals surface area contributed by atoms with Gasteiger partial charge in [0.15, 0.2) is 0 Å². The van der Waals surface area contributed by atoms with Crippen LogP contribution in [0.15, 0.2) is 0 Å². The molecule has 0 fully saturated rings. The molecule has 6 heteroatoms. The van der Waals surface area contributed by atoms with Gasteiger partial charge in [-0.3, -0.25) is 14.4 Å². The van der Waals surface area contributed by atoms with Crippen LogP contribution in [0.2, 0.25) is 0 Å².